The number of benzene rings is 2. The van der Waals surface area contributed by atoms with Gasteiger partial charge in [-0.3, -0.25) is 0 Å². The zero-order chi connectivity index (χ0) is 18.5. The van der Waals surface area contributed by atoms with Gasteiger partial charge in [0.2, 0.25) is 0 Å². The van der Waals surface area contributed by atoms with Crippen LogP contribution in [-0.2, 0) is 29.7 Å². The maximum absolute atomic E-state index is 2.57. The second-order valence-electron chi connectivity index (χ2n) is 9.03. The standard InChI is InChI=1S/C13H9.C12H19.2ClH.Zr/c1-3-7-12-10(5-1)9-11-6-2-4-8-13(11)12;1-9(2)10-6-7-11(8-10)12(3,4)5;;;/h1-5,7-8H,9H2;7-10H,1-5H3;2*1H;/q;;;;+2/p-2. The summed E-state index contributed by atoms with van der Waals surface area (Å²) in [5.41, 5.74) is 7.86. The van der Waals surface area contributed by atoms with E-state index in [0.29, 0.717) is 11.8 Å². The first kappa shape index (κ1) is 23.7. The summed E-state index contributed by atoms with van der Waals surface area (Å²) in [6.45, 7) is 11.8. The average Bonchev–Trinajstić information content (AvgIpc) is 3.17. The van der Waals surface area contributed by atoms with Crippen molar-refractivity contribution in [2.24, 2.45) is 17.3 Å². The van der Waals surface area contributed by atoms with E-state index in [4.69, 9.17) is 0 Å². The van der Waals surface area contributed by atoms with E-state index >= 15 is 0 Å². The van der Waals surface area contributed by atoms with Crippen LogP contribution in [0.5, 0.6) is 0 Å². The summed E-state index contributed by atoms with van der Waals surface area (Å²) in [5.74, 6) is 1.34. The van der Waals surface area contributed by atoms with Crippen LogP contribution in [-0.4, -0.2) is 0 Å². The van der Waals surface area contributed by atoms with Crippen LogP contribution < -0.4 is 28.1 Å². The third-order valence-electron chi connectivity index (χ3n) is 5.74. The predicted octanol–water partition coefficient (Wildman–Crippen LogP) is 0.116. The van der Waals surface area contributed by atoms with Crippen molar-refractivity contribution >= 4 is 3.27 Å². The van der Waals surface area contributed by atoms with Crippen molar-refractivity contribution in [2.45, 2.75) is 41.0 Å². The second kappa shape index (κ2) is 9.03. The van der Waals surface area contributed by atoms with Crippen LogP contribution >= 0.6 is 0 Å². The van der Waals surface area contributed by atoms with E-state index in [9.17, 15) is 0 Å². The zero-order valence-electron chi connectivity index (χ0n) is 17.3. The normalized spacial score (nSPS) is 17.0. The summed E-state index contributed by atoms with van der Waals surface area (Å²) < 4.78 is 3.45. The summed E-state index contributed by atoms with van der Waals surface area (Å²) in [6.07, 6.45) is 6.26. The molecule has 0 aliphatic heterocycles. The molecule has 0 fully saturated rings. The van der Waals surface area contributed by atoms with Crippen molar-refractivity contribution in [1.29, 1.82) is 0 Å². The molecule has 0 bridgehead atoms. The van der Waals surface area contributed by atoms with Crippen molar-refractivity contribution in [3.63, 3.8) is 0 Å². The van der Waals surface area contributed by atoms with E-state index in [1.807, 2.05) is 0 Å². The molecule has 2 aromatic rings. The molecule has 0 radical (unpaired) electrons. The fourth-order valence-electron chi connectivity index (χ4n) is 4.16. The quantitative estimate of drug-likeness (QED) is 0.489. The minimum atomic E-state index is -0.783. The fraction of sp³-hybridized carbons (Fsp3) is 0.360. The molecule has 1 atom stereocenters. The zero-order valence-corrected chi connectivity index (χ0v) is 21.3. The Balaban J connectivity index is 0.00000140. The Bertz CT molecular complexity index is 916. The molecule has 0 saturated carbocycles. The largest absolute Gasteiger partial charge is 1.00 e. The van der Waals surface area contributed by atoms with Crippen LogP contribution in [0.25, 0.3) is 11.1 Å². The monoisotopic (exact) mass is 488 g/mol. The number of fused-ring (bicyclic) bond motifs is 3. The third-order valence-corrected chi connectivity index (χ3v) is 9.44. The van der Waals surface area contributed by atoms with Gasteiger partial charge in [0.25, 0.3) is 0 Å². The van der Waals surface area contributed by atoms with Crippen LogP contribution in [0.1, 0.15) is 45.7 Å². The molecule has 0 heterocycles. The summed E-state index contributed by atoms with van der Waals surface area (Å²) in [7, 11) is 0. The topological polar surface area (TPSA) is 0 Å². The summed E-state index contributed by atoms with van der Waals surface area (Å²) in [5, 5.41) is 0. The van der Waals surface area contributed by atoms with E-state index < -0.39 is 23.2 Å². The van der Waals surface area contributed by atoms with Gasteiger partial charge in [-0.25, -0.2) is 0 Å². The van der Waals surface area contributed by atoms with Gasteiger partial charge in [0, 0.05) is 0 Å². The number of hydrogen-bond donors (Lipinski definition) is 0. The second-order valence-corrected chi connectivity index (χ2v) is 12.4. The molecule has 3 heteroatoms. The van der Waals surface area contributed by atoms with Crippen molar-refractivity contribution in [2.75, 3.05) is 0 Å². The molecule has 4 rings (SSSR count). The molecule has 1 unspecified atom stereocenters. The van der Waals surface area contributed by atoms with E-state index in [-0.39, 0.29) is 30.2 Å². The first-order valence-electron chi connectivity index (χ1n) is 9.75. The molecule has 2 aliphatic rings. The maximum atomic E-state index is 2.57. The molecular formula is C25H28Cl2Zr. The van der Waals surface area contributed by atoms with Gasteiger partial charge >= 0.3 is 171 Å². The molecule has 0 N–H and O–H groups in total. The van der Waals surface area contributed by atoms with E-state index in [0.717, 1.165) is 6.42 Å². The van der Waals surface area contributed by atoms with Crippen LogP contribution in [0.4, 0.5) is 0 Å². The van der Waals surface area contributed by atoms with Gasteiger partial charge in [0.1, 0.15) is 0 Å². The van der Waals surface area contributed by atoms with Crippen molar-refractivity contribution in [1.82, 2.24) is 0 Å². The molecular weight excluding hydrogens is 462 g/mol. The fourth-order valence-corrected chi connectivity index (χ4v) is 8.28. The molecule has 0 saturated heterocycles. The summed E-state index contributed by atoms with van der Waals surface area (Å²) in [6, 6.07) is 16.0. The summed E-state index contributed by atoms with van der Waals surface area (Å²) in [4.78, 5) is 0. The van der Waals surface area contributed by atoms with Gasteiger partial charge in [-0.15, -0.1) is 0 Å². The van der Waals surface area contributed by atoms with Crippen LogP contribution in [0.3, 0.4) is 0 Å². The van der Waals surface area contributed by atoms with Gasteiger partial charge in [0.15, 0.2) is 0 Å². The summed E-state index contributed by atoms with van der Waals surface area (Å²) >= 11 is -0.783. The molecule has 2 aliphatic carbocycles. The van der Waals surface area contributed by atoms with Gasteiger partial charge in [0.05, 0.1) is 0 Å². The Labute approximate surface area is 194 Å². The maximum Gasteiger partial charge on any atom is -1.00 e. The van der Waals surface area contributed by atoms with E-state index in [1.165, 1.54) is 16.7 Å². The van der Waals surface area contributed by atoms with Gasteiger partial charge in [-0.1, -0.05) is 0 Å². The number of allylic oxidation sites excluding steroid dienone is 4. The molecule has 146 valence electrons. The van der Waals surface area contributed by atoms with Crippen molar-refractivity contribution < 1.29 is 48.0 Å². The Hall–Kier alpha value is -0.617. The van der Waals surface area contributed by atoms with Crippen LogP contribution in [0.15, 0.2) is 63.5 Å². The van der Waals surface area contributed by atoms with Crippen LogP contribution in [0.2, 0.25) is 0 Å². The van der Waals surface area contributed by atoms with Crippen molar-refractivity contribution in [3.05, 3.63) is 74.6 Å². The van der Waals surface area contributed by atoms with Gasteiger partial charge in [-0.05, 0) is 0 Å². The Kier molecular flexibility index (Phi) is 7.63. The number of rotatable bonds is 3. The number of halogens is 2. The molecule has 28 heavy (non-hydrogen) atoms. The SMILES string of the molecule is CC(C)C1C=C(C(C)(C)C)C=[C]1[Zr+2][c]1cccc2c1Cc1ccccc1-2.[Cl-].[Cl-]. The van der Waals surface area contributed by atoms with Gasteiger partial charge < -0.3 is 24.8 Å². The Morgan fingerprint density at radius 1 is 0.929 bits per heavy atom. The smallest absolute Gasteiger partial charge is 1.00 e. The van der Waals surface area contributed by atoms with Crippen molar-refractivity contribution in [3.8, 4) is 11.1 Å². The molecule has 0 spiro atoms. The van der Waals surface area contributed by atoms with E-state index in [2.05, 4.69) is 89.2 Å². The predicted molar refractivity (Wildman–Crippen MR) is 108 cm³/mol. The minimum Gasteiger partial charge on any atom is -1.00 e. The Morgan fingerprint density at radius 3 is 2.29 bits per heavy atom. The van der Waals surface area contributed by atoms with Gasteiger partial charge in [-0.2, -0.15) is 0 Å². The minimum absolute atomic E-state index is 0. The Morgan fingerprint density at radius 2 is 1.61 bits per heavy atom. The molecule has 0 amide bonds. The first-order chi connectivity index (χ1) is 12.3. The van der Waals surface area contributed by atoms with E-state index in [1.54, 1.807) is 17.7 Å². The third kappa shape index (κ3) is 4.43. The van der Waals surface area contributed by atoms with Crippen LogP contribution in [0, 0.1) is 17.3 Å². The molecule has 0 aromatic heterocycles. The number of hydrogen-bond acceptors (Lipinski definition) is 0. The average molecular weight is 491 g/mol. The molecule has 0 nitrogen and oxygen atoms in total. The molecule has 2 aromatic carbocycles. The first-order valence-corrected chi connectivity index (χ1v) is 12.2.